The van der Waals surface area contributed by atoms with E-state index in [1.165, 1.54) is 12.3 Å². The monoisotopic (exact) mass is 315 g/mol. The van der Waals surface area contributed by atoms with Gasteiger partial charge in [-0.05, 0) is 44.0 Å². The third kappa shape index (κ3) is 3.50. The standard InChI is InChI=1S/C16H17N3O4/c1-10(15-3-2-8-23-15)17-16(20)11-4-7-13(18-12-5-6-12)14(9-11)19(21)22/h2-4,7-10,12,18H,5-6H2,1H3,(H,17,20)/t10-/m0/s1. The Bertz CT molecular complexity index is 723. The van der Waals surface area contributed by atoms with E-state index in [-0.39, 0.29) is 23.2 Å². The molecule has 1 aromatic heterocycles. The number of rotatable bonds is 6. The summed E-state index contributed by atoms with van der Waals surface area (Å²) in [5.41, 5.74) is 0.611. The first-order valence-electron chi connectivity index (χ1n) is 7.44. The number of carbonyl (C=O) groups is 1. The minimum absolute atomic E-state index is 0.0878. The van der Waals surface area contributed by atoms with E-state index in [2.05, 4.69) is 10.6 Å². The Kier molecular flexibility index (Phi) is 4.01. The van der Waals surface area contributed by atoms with Crippen molar-refractivity contribution in [2.24, 2.45) is 0 Å². The summed E-state index contributed by atoms with van der Waals surface area (Å²) in [6.45, 7) is 1.79. The lowest BCUT2D eigenvalue weighted by Gasteiger charge is -2.12. The van der Waals surface area contributed by atoms with Gasteiger partial charge in [0.2, 0.25) is 0 Å². The third-order valence-electron chi connectivity index (χ3n) is 3.71. The highest BCUT2D eigenvalue weighted by Crippen LogP contribution is 2.31. The summed E-state index contributed by atoms with van der Waals surface area (Å²) in [6, 6.07) is 7.95. The fraction of sp³-hybridized carbons (Fsp3) is 0.312. The second-order valence-electron chi connectivity index (χ2n) is 5.62. The van der Waals surface area contributed by atoms with E-state index in [1.54, 1.807) is 31.2 Å². The van der Waals surface area contributed by atoms with E-state index in [4.69, 9.17) is 4.42 Å². The zero-order valence-corrected chi connectivity index (χ0v) is 12.6. The average molecular weight is 315 g/mol. The van der Waals surface area contributed by atoms with Crippen LogP contribution in [0.5, 0.6) is 0 Å². The SMILES string of the molecule is C[C@H](NC(=O)c1ccc(NC2CC2)c([N+](=O)[O-])c1)c1ccco1. The quantitative estimate of drug-likeness (QED) is 0.630. The van der Waals surface area contributed by atoms with Crippen LogP contribution in [-0.2, 0) is 0 Å². The molecular weight excluding hydrogens is 298 g/mol. The third-order valence-corrected chi connectivity index (χ3v) is 3.71. The molecule has 7 nitrogen and oxygen atoms in total. The van der Waals surface area contributed by atoms with Crippen molar-refractivity contribution in [3.05, 3.63) is 58.0 Å². The Morgan fingerprint density at radius 3 is 2.78 bits per heavy atom. The van der Waals surface area contributed by atoms with Crippen molar-refractivity contribution in [1.29, 1.82) is 0 Å². The van der Waals surface area contributed by atoms with Gasteiger partial charge in [-0.15, -0.1) is 0 Å². The molecule has 1 atom stereocenters. The number of nitrogens with one attached hydrogen (secondary N) is 2. The maximum absolute atomic E-state index is 12.3. The minimum atomic E-state index is -0.475. The summed E-state index contributed by atoms with van der Waals surface area (Å²) < 4.78 is 5.23. The van der Waals surface area contributed by atoms with Gasteiger partial charge >= 0.3 is 0 Å². The first kappa shape index (κ1) is 15.1. The van der Waals surface area contributed by atoms with Crippen molar-refractivity contribution in [2.75, 3.05) is 5.32 Å². The number of nitrogens with zero attached hydrogens (tertiary/aromatic N) is 1. The molecule has 2 N–H and O–H groups in total. The predicted molar refractivity (Wildman–Crippen MR) is 84.3 cm³/mol. The molecular formula is C16H17N3O4. The van der Waals surface area contributed by atoms with Crippen LogP contribution in [0.4, 0.5) is 11.4 Å². The lowest BCUT2D eigenvalue weighted by Crippen LogP contribution is -2.26. The maximum atomic E-state index is 12.3. The van der Waals surface area contributed by atoms with Crippen molar-refractivity contribution in [3.8, 4) is 0 Å². The summed E-state index contributed by atoms with van der Waals surface area (Å²) in [5, 5.41) is 17.1. The topological polar surface area (TPSA) is 97.4 Å². The molecule has 0 aliphatic heterocycles. The summed E-state index contributed by atoms with van der Waals surface area (Å²) in [6.07, 6.45) is 3.56. The molecule has 0 unspecified atom stereocenters. The molecule has 7 heteroatoms. The van der Waals surface area contributed by atoms with Crippen molar-refractivity contribution < 1.29 is 14.1 Å². The zero-order chi connectivity index (χ0) is 16.4. The van der Waals surface area contributed by atoms with Crippen molar-refractivity contribution in [3.63, 3.8) is 0 Å². The molecule has 1 aromatic carbocycles. The second kappa shape index (κ2) is 6.12. The van der Waals surface area contributed by atoms with Gasteiger partial charge in [0, 0.05) is 17.7 Å². The summed E-state index contributed by atoms with van der Waals surface area (Å²) in [7, 11) is 0. The fourth-order valence-electron chi connectivity index (χ4n) is 2.28. The maximum Gasteiger partial charge on any atom is 0.293 e. The summed E-state index contributed by atoms with van der Waals surface area (Å²) >= 11 is 0. The molecule has 1 heterocycles. The molecule has 120 valence electrons. The molecule has 0 saturated heterocycles. The van der Waals surface area contributed by atoms with Crippen LogP contribution in [0.3, 0.4) is 0 Å². The number of carbonyl (C=O) groups excluding carboxylic acids is 1. The Hall–Kier alpha value is -2.83. The van der Waals surface area contributed by atoms with Crippen LogP contribution in [0.1, 0.15) is 41.9 Å². The van der Waals surface area contributed by atoms with Crippen molar-refractivity contribution >= 4 is 17.3 Å². The lowest BCUT2D eigenvalue weighted by atomic mass is 10.1. The predicted octanol–water partition coefficient (Wildman–Crippen LogP) is 3.25. The zero-order valence-electron chi connectivity index (χ0n) is 12.6. The Balaban J connectivity index is 1.77. The van der Waals surface area contributed by atoms with Crippen LogP contribution in [0.2, 0.25) is 0 Å². The van der Waals surface area contributed by atoms with Gasteiger partial charge in [-0.25, -0.2) is 0 Å². The van der Waals surface area contributed by atoms with Gasteiger partial charge in [0.1, 0.15) is 11.4 Å². The van der Waals surface area contributed by atoms with Gasteiger partial charge in [0.15, 0.2) is 0 Å². The number of anilines is 1. The molecule has 0 spiro atoms. The smallest absolute Gasteiger partial charge is 0.293 e. The molecule has 0 bridgehead atoms. The molecule has 1 saturated carbocycles. The summed E-state index contributed by atoms with van der Waals surface area (Å²) in [5.74, 6) is 0.245. The van der Waals surface area contributed by atoms with E-state index in [0.29, 0.717) is 17.5 Å². The van der Waals surface area contributed by atoms with Crippen LogP contribution in [0.15, 0.2) is 41.0 Å². The van der Waals surface area contributed by atoms with Crippen LogP contribution >= 0.6 is 0 Å². The van der Waals surface area contributed by atoms with E-state index in [9.17, 15) is 14.9 Å². The molecule has 1 amide bonds. The van der Waals surface area contributed by atoms with Gasteiger partial charge in [0.25, 0.3) is 11.6 Å². The fourth-order valence-corrected chi connectivity index (χ4v) is 2.28. The Labute approximate surface area is 132 Å². The van der Waals surface area contributed by atoms with Crippen LogP contribution in [0.25, 0.3) is 0 Å². The largest absolute Gasteiger partial charge is 0.467 e. The molecule has 1 aliphatic carbocycles. The number of amides is 1. The first-order valence-corrected chi connectivity index (χ1v) is 7.44. The normalized spacial score (nSPS) is 15.0. The number of hydrogen-bond donors (Lipinski definition) is 2. The highest BCUT2D eigenvalue weighted by Gasteiger charge is 2.25. The Morgan fingerprint density at radius 1 is 1.39 bits per heavy atom. The highest BCUT2D eigenvalue weighted by atomic mass is 16.6. The lowest BCUT2D eigenvalue weighted by molar-refractivity contribution is -0.384. The van der Waals surface area contributed by atoms with Crippen LogP contribution in [-0.4, -0.2) is 16.9 Å². The number of furan rings is 1. The summed E-state index contributed by atoms with van der Waals surface area (Å²) in [4.78, 5) is 23.0. The number of nitro benzene ring substituents is 1. The molecule has 3 rings (SSSR count). The highest BCUT2D eigenvalue weighted by molar-refractivity contribution is 5.96. The van der Waals surface area contributed by atoms with Crippen molar-refractivity contribution in [1.82, 2.24) is 5.32 Å². The Morgan fingerprint density at radius 2 is 2.17 bits per heavy atom. The van der Waals surface area contributed by atoms with Crippen LogP contribution in [0, 0.1) is 10.1 Å². The van der Waals surface area contributed by atoms with Gasteiger partial charge in [0.05, 0.1) is 17.2 Å². The van der Waals surface area contributed by atoms with Crippen molar-refractivity contribution in [2.45, 2.75) is 31.8 Å². The molecule has 2 aromatic rings. The van der Waals surface area contributed by atoms with Gasteiger partial charge in [-0.1, -0.05) is 0 Å². The average Bonchev–Trinajstić information content (AvgIpc) is 3.16. The minimum Gasteiger partial charge on any atom is -0.467 e. The van der Waals surface area contributed by atoms with Gasteiger partial charge < -0.3 is 15.1 Å². The number of hydrogen-bond acceptors (Lipinski definition) is 5. The van der Waals surface area contributed by atoms with E-state index in [1.807, 2.05) is 0 Å². The van der Waals surface area contributed by atoms with E-state index < -0.39 is 4.92 Å². The molecule has 23 heavy (non-hydrogen) atoms. The van der Waals surface area contributed by atoms with E-state index >= 15 is 0 Å². The second-order valence-corrected chi connectivity index (χ2v) is 5.62. The number of benzene rings is 1. The van der Waals surface area contributed by atoms with Gasteiger partial charge in [-0.2, -0.15) is 0 Å². The molecule has 1 fully saturated rings. The van der Waals surface area contributed by atoms with E-state index in [0.717, 1.165) is 12.8 Å². The van der Waals surface area contributed by atoms with Crippen LogP contribution < -0.4 is 10.6 Å². The molecule has 0 radical (unpaired) electrons. The number of nitro groups is 1. The van der Waals surface area contributed by atoms with Gasteiger partial charge in [-0.3, -0.25) is 14.9 Å². The molecule has 1 aliphatic rings. The first-order chi connectivity index (χ1) is 11.0.